The van der Waals surface area contributed by atoms with Crippen LogP contribution in [0.3, 0.4) is 0 Å². The van der Waals surface area contributed by atoms with Gasteiger partial charge in [0.05, 0.1) is 0 Å². The number of rotatable bonds is 2. The maximum atomic E-state index is 8.48. The van der Waals surface area contributed by atoms with E-state index in [1.807, 2.05) is 0 Å². The molecule has 13 heavy (non-hydrogen) atoms. The van der Waals surface area contributed by atoms with Crippen molar-refractivity contribution in [1.82, 2.24) is 0 Å². The van der Waals surface area contributed by atoms with Crippen molar-refractivity contribution in [3.63, 3.8) is 0 Å². The van der Waals surface area contributed by atoms with E-state index in [0.29, 0.717) is 0 Å². The average molecular weight is 191 g/mol. The van der Waals surface area contributed by atoms with Crippen LogP contribution in [0.5, 0.6) is 0 Å². The summed E-state index contributed by atoms with van der Waals surface area (Å²) in [6.45, 7) is 0. The van der Waals surface area contributed by atoms with Gasteiger partial charge in [-0.25, -0.2) is 0 Å². The van der Waals surface area contributed by atoms with Gasteiger partial charge in [0.2, 0.25) is 0 Å². The van der Waals surface area contributed by atoms with E-state index >= 15 is 0 Å². The predicted molar refractivity (Wildman–Crippen MR) is 21.3 cm³/mol. The van der Waals surface area contributed by atoms with Crippen molar-refractivity contribution in [3.05, 3.63) is 0 Å². The Bertz CT molecular complexity index is 17.6. The summed E-state index contributed by atoms with van der Waals surface area (Å²) in [5, 5.41) is 24.5. The SMILES string of the molecule is O.O.O.O.O.[Li+].[Li+].[Li+].[O-]OOO[O-]. The number of hydrogen-bond acceptors (Lipinski definition) is 5. The third-order valence-corrected chi connectivity index (χ3v) is 0.0556. The molecule has 72 valence electrons. The van der Waals surface area contributed by atoms with E-state index in [4.69, 9.17) is 10.5 Å². The van der Waals surface area contributed by atoms with Crippen LogP contribution in [0.25, 0.3) is 0 Å². The average Bonchev–Trinajstić information content (AvgIpc) is 1.41. The molecule has 0 spiro atoms. The summed E-state index contributed by atoms with van der Waals surface area (Å²) in [5.74, 6) is 0. The minimum Gasteiger partial charge on any atom is -0.690 e. The van der Waals surface area contributed by atoms with Crippen molar-refractivity contribution < 1.29 is 110 Å². The van der Waals surface area contributed by atoms with Gasteiger partial charge < -0.3 is 37.9 Å². The standard InChI is InChI=1S/3Li.H2O5.5H2O/c;;;1-3-5-4-2;;;;;/h;;;1-2H;5*1H2/q3*+1;;;;;;/p-2. The number of hydrogen-bond donors (Lipinski definition) is 0. The first-order chi connectivity index (χ1) is 2.41. The van der Waals surface area contributed by atoms with Crippen molar-refractivity contribution in [1.29, 1.82) is 0 Å². The van der Waals surface area contributed by atoms with Crippen molar-refractivity contribution in [3.8, 4) is 0 Å². The molecule has 0 aromatic carbocycles. The fourth-order valence-corrected chi connectivity index (χ4v) is 0.0113. The Hall–Kier alpha value is 1.39. The molecule has 0 aromatic rings. The van der Waals surface area contributed by atoms with Crippen molar-refractivity contribution in [2.24, 2.45) is 0 Å². The summed E-state index contributed by atoms with van der Waals surface area (Å²) in [6.07, 6.45) is 0. The van der Waals surface area contributed by atoms with Gasteiger partial charge in [-0.2, -0.15) is 0 Å². The molecule has 0 saturated carbocycles. The van der Waals surface area contributed by atoms with Gasteiger partial charge >= 0.3 is 56.6 Å². The Morgan fingerprint density at radius 2 is 0.692 bits per heavy atom. The van der Waals surface area contributed by atoms with Gasteiger partial charge in [-0.1, -0.05) is 5.04 Å². The van der Waals surface area contributed by atoms with E-state index in [1.54, 1.807) is 0 Å². The van der Waals surface area contributed by atoms with Crippen LogP contribution < -0.4 is 67.1 Å². The minimum absolute atomic E-state index is 0. The van der Waals surface area contributed by atoms with Crippen LogP contribution in [0.1, 0.15) is 0 Å². The molecule has 13 heteroatoms. The van der Waals surface area contributed by atoms with Crippen molar-refractivity contribution in [2.45, 2.75) is 0 Å². The molecular formula is H10Li3O10+. The molecule has 0 aliphatic heterocycles. The molecule has 10 nitrogen and oxygen atoms in total. The van der Waals surface area contributed by atoms with Crippen LogP contribution in [0.4, 0.5) is 0 Å². The zero-order valence-electron chi connectivity index (χ0n) is 7.54. The first-order valence-electron chi connectivity index (χ1n) is 0.667. The summed E-state index contributed by atoms with van der Waals surface area (Å²) in [7, 11) is 0. The summed E-state index contributed by atoms with van der Waals surface area (Å²) in [6, 6.07) is 0. The van der Waals surface area contributed by atoms with E-state index in [2.05, 4.69) is 15.1 Å². The quantitative estimate of drug-likeness (QED) is 0.234. The Morgan fingerprint density at radius 3 is 0.692 bits per heavy atom. The van der Waals surface area contributed by atoms with E-state index in [9.17, 15) is 0 Å². The maximum Gasteiger partial charge on any atom is 1.00 e. The summed E-state index contributed by atoms with van der Waals surface area (Å²) in [4.78, 5) is 0. The van der Waals surface area contributed by atoms with Gasteiger partial charge in [0, 0.05) is 0 Å². The van der Waals surface area contributed by atoms with Gasteiger partial charge in [-0.05, 0) is 0 Å². The molecule has 0 saturated heterocycles. The first kappa shape index (κ1) is 88.8. The molecule has 0 fully saturated rings. The van der Waals surface area contributed by atoms with Crippen molar-refractivity contribution >= 4 is 0 Å². The molecule has 0 aliphatic carbocycles. The Balaban J connectivity index is -0.00000000286. The van der Waals surface area contributed by atoms with Crippen LogP contribution in [0, 0.1) is 0 Å². The minimum atomic E-state index is 0. The zero-order chi connectivity index (χ0) is 4.12. The molecule has 0 aromatic heterocycles. The fourth-order valence-electron chi connectivity index (χ4n) is 0.0113. The second kappa shape index (κ2) is 107. The molecular weight excluding hydrogens is 181 g/mol. The van der Waals surface area contributed by atoms with Crippen molar-refractivity contribution in [2.75, 3.05) is 0 Å². The van der Waals surface area contributed by atoms with Gasteiger partial charge in [-0.15, -0.1) is 0 Å². The molecule has 0 aliphatic rings. The first-order valence-corrected chi connectivity index (χ1v) is 0.667. The predicted octanol–water partition coefficient (Wildman–Crippen LogP) is -15.7. The van der Waals surface area contributed by atoms with Crippen LogP contribution in [-0.2, 0) is 15.1 Å². The van der Waals surface area contributed by atoms with Gasteiger partial charge in [0.1, 0.15) is 0 Å². The summed E-state index contributed by atoms with van der Waals surface area (Å²) in [5.41, 5.74) is 0. The molecule has 0 bridgehead atoms. The van der Waals surface area contributed by atoms with Gasteiger partial charge in [0.25, 0.3) is 0 Å². The summed E-state index contributed by atoms with van der Waals surface area (Å²) < 4.78 is 0. The third kappa shape index (κ3) is 151. The molecule has 0 amide bonds. The molecule has 0 rings (SSSR count). The molecule has 0 atom stereocenters. The monoisotopic (exact) mass is 191 g/mol. The largest absolute Gasteiger partial charge is 1.00 e. The third-order valence-electron chi connectivity index (χ3n) is 0.0556. The zero-order valence-corrected chi connectivity index (χ0v) is 7.54. The Kier molecular flexibility index (Phi) is 728. The second-order valence-corrected chi connectivity index (χ2v) is 0.204. The molecule has 10 N–H and O–H groups in total. The van der Waals surface area contributed by atoms with Crippen LogP contribution >= 0.6 is 0 Å². The van der Waals surface area contributed by atoms with E-state index in [0.717, 1.165) is 0 Å². The van der Waals surface area contributed by atoms with Crippen LogP contribution in [-0.4, -0.2) is 27.4 Å². The van der Waals surface area contributed by atoms with Gasteiger partial charge in [0.15, 0.2) is 0 Å². The van der Waals surface area contributed by atoms with Gasteiger partial charge in [-0.3, -0.25) is 10.1 Å². The van der Waals surface area contributed by atoms with Crippen LogP contribution in [0.15, 0.2) is 0 Å². The fraction of sp³-hybridized carbons (Fsp3) is 0. The van der Waals surface area contributed by atoms with Crippen LogP contribution in [0.2, 0.25) is 0 Å². The summed E-state index contributed by atoms with van der Waals surface area (Å²) >= 11 is 0. The van der Waals surface area contributed by atoms with E-state index in [-0.39, 0.29) is 84.0 Å². The molecule has 0 unspecified atom stereocenters. The van der Waals surface area contributed by atoms with E-state index in [1.165, 1.54) is 0 Å². The molecule has 0 radical (unpaired) electrons. The Morgan fingerprint density at radius 1 is 0.538 bits per heavy atom. The topological polar surface area (TPSA) is 231 Å². The Labute approximate surface area is 109 Å². The normalized spacial score (nSPS) is 3.23. The molecule has 0 heterocycles. The maximum absolute atomic E-state index is 8.48. The second-order valence-electron chi connectivity index (χ2n) is 0.204. The van der Waals surface area contributed by atoms with E-state index < -0.39 is 0 Å². The smallest absolute Gasteiger partial charge is 0.690 e.